The van der Waals surface area contributed by atoms with E-state index in [-0.39, 0.29) is 18.9 Å². The van der Waals surface area contributed by atoms with Gasteiger partial charge in [0.25, 0.3) is 0 Å². The van der Waals surface area contributed by atoms with Gasteiger partial charge in [-0.25, -0.2) is 0 Å². The molecule has 3 fully saturated rings. The maximum atomic E-state index is 12.5. The monoisotopic (exact) mass is 274 g/mol. The van der Waals surface area contributed by atoms with Crippen molar-refractivity contribution in [2.75, 3.05) is 13.2 Å². The number of rotatable bonds is 6. The van der Waals surface area contributed by atoms with Crippen LogP contribution in [0.25, 0.3) is 0 Å². The summed E-state index contributed by atoms with van der Waals surface area (Å²) in [4.78, 5) is 0. The number of hydrogen-bond donors (Lipinski definition) is 0. The van der Waals surface area contributed by atoms with E-state index in [0.29, 0.717) is 32.5 Å². The molecule has 0 aromatic heterocycles. The molecule has 0 saturated heterocycles. The molecule has 5 nitrogen and oxygen atoms in total. The molecular weight excluding hydrogens is 258 g/mol. The van der Waals surface area contributed by atoms with Gasteiger partial charge in [0.1, 0.15) is 0 Å². The molecule has 2 bridgehead atoms. The van der Waals surface area contributed by atoms with E-state index in [2.05, 4.69) is 0 Å². The fourth-order valence-electron chi connectivity index (χ4n) is 2.76. The molecule has 94 valence electrons. The van der Waals surface area contributed by atoms with Crippen LogP contribution < -0.4 is 18.9 Å². The van der Waals surface area contributed by atoms with Gasteiger partial charge in [-0.15, -0.1) is 0 Å². The van der Waals surface area contributed by atoms with E-state index < -0.39 is 28.6 Å². The van der Waals surface area contributed by atoms with Gasteiger partial charge in [0, 0.05) is 4.75 Å². The first-order chi connectivity index (χ1) is 7.44. The van der Waals surface area contributed by atoms with Gasteiger partial charge in [0.2, 0.25) is 0 Å². The first kappa shape index (κ1) is 15.9. The van der Waals surface area contributed by atoms with Crippen LogP contribution in [-0.4, -0.2) is 31.9 Å². The molecule has 3 saturated carbocycles. The summed E-state index contributed by atoms with van der Waals surface area (Å²) in [7, 11) is -3.13. The third-order valence-corrected chi connectivity index (χ3v) is 7.46. The molecule has 0 aromatic carbocycles. The normalized spacial score (nSPS) is 36.4. The molecule has 3 aliphatic rings. The van der Waals surface area contributed by atoms with Crippen molar-refractivity contribution in [3.8, 4) is 0 Å². The van der Waals surface area contributed by atoms with Gasteiger partial charge in [0.05, 0.1) is 18.4 Å². The third-order valence-electron chi connectivity index (χ3n) is 3.49. The molecule has 0 N–H and O–H groups in total. The van der Waals surface area contributed by atoms with E-state index in [1.807, 2.05) is 0 Å². The molecule has 0 aliphatic heterocycles. The second-order valence-electron chi connectivity index (χ2n) is 4.51. The minimum atomic E-state index is -3.13. The van der Waals surface area contributed by atoms with Crippen LogP contribution in [0.1, 0.15) is 33.1 Å². The summed E-state index contributed by atoms with van der Waals surface area (Å²) >= 11 is -2.07. The molecule has 1 atom stereocenters. The summed E-state index contributed by atoms with van der Waals surface area (Å²) in [5.41, 5.74) is 0. The molecule has 0 aromatic rings. The first-order valence-corrected chi connectivity index (χ1v) is 8.04. The molecule has 3 rings (SSSR count). The Kier molecular flexibility index (Phi) is 4.76. The third kappa shape index (κ3) is 2.12. The Labute approximate surface area is 116 Å². The zero-order valence-electron chi connectivity index (χ0n) is 10.4. The van der Waals surface area contributed by atoms with E-state index in [1.54, 1.807) is 13.8 Å². The van der Waals surface area contributed by atoms with Crippen molar-refractivity contribution < 1.29 is 41.2 Å². The molecule has 17 heavy (non-hydrogen) atoms. The van der Waals surface area contributed by atoms with Gasteiger partial charge in [-0.1, -0.05) is 0 Å². The summed E-state index contributed by atoms with van der Waals surface area (Å²) in [5, 5.41) is -0.515. The van der Waals surface area contributed by atoms with Crippen LogP contribution in [-0.2, 0) is 24.7 Å². The van der Waals surface area contributed by atoms with Gasteiger partial charge in [-0.3, -0.25) is 8.77 Å². The van der Waals surface area contributed by atoms with Crippen molar-refractivity contribution in [2.24, 2.45) is 0 Å². The van der Waals surface area contributed by atoms with E-state index in [0.717, 1.165) is 0 Å². The summed E-state index contributed by atoms with van der Waals surface area (Å²) in [6.07, 6.45) is 1.27. The predicted molar refractivity (Wildman–Crippen MR) is 59.1 cm³/mol. The van der Waals surface area contributed by atoms with Gasteiger partial charge in [-0.2, -0.15) is 0 Å². The summed E-state index contributed by atoms with van der Waals surface area (Å²) in [6, 6.07) is 0. The molecule has 0 amide bonds. The van der Waals surface area contributed by atoms with Crippen molar-refractivity contribution in [3.05, 3.63) is 0 Å². The Bertz CT molecular complexity index is 345. The fraction of sp³-hybridized carbons (Fsp3) is 1.00. The molecule has 0 spiro atoms. The Morgan fingerprint density at radius 2 is 1.65 bits per heavy atom. The van der Waals surface area contributed by atoms with Crippen molar-refractivity contribution in [1.29, 1.82) is 0 Å². The first-order valence-electron chi connectivity index (χ1n) is 5.42. The summed E-state index contributed by atoms with van der Waals surface area (Å²) < 4.78 is 44.3. The van der Waals surface area contributed by atoms with Crippen LogP contribution in [0.5, 0.6) is 0 Å². The Morgan fingerprint density at radius 1 is 1.24 bits per heavy atom. The van der Waals surface area contributed by atoms with Crippen LogP contribution in [0.2, 0.25) is 0 Å². The van der Waals surface area contributed by atoms with Crippen molar-refractivity contribution in [3.63, 3.8) is 0 Å². The smallest absolute Gasteiger partial charge is 0.772 e. The summed E-state index contributed by atoms with van der Waals surface area (Å²) in [5.74, 6) is 0. The fourth-order valence-corrected chi connectivity index (χ4v) is 7.06. The van der Waals surface area contributed by atoms with Gasteiger partial charge >= 0.3 is 26.5 Å². The molecule has 0 heterocycles. The zero-order chi connectivity index (χ0) is 12.0. The second kappa shape index (κ2) is 5.09. The van der Waals surface area contributed by atoms with E-state index in [4.69, 9.17) is 9.05 Å². The van der Waals surface area contributed by atoms with Crippen molar-refractivity contribution in [2.45, 2.75) is 43.0 Å². The van der Waals surface area contributed by atoms with Crippen LogP contribution in [0, 0.1) is 0 Å². The van der Waals surface area contributed by atoms with Gasteiger partial charge < -0.3 is 13.6 Å². The van der Waals surface area contributed by atoms with Crippen LogP contribution in [0.3, 0.4) is 0 Å². The minimum Gasteiger partial charge on any atom is -0.772 e. The molecule has 3 aliphatic carbocycles. The van der Waals surface area contributed by atoms with E-state index >= 15 is 0 Å². The molecule has 0 radical (unpaired) electrons. The minimum absolute atomic E-state index is 0. The maximum Gasteiger partial charge on any atom is 1.00 e. The Balaban J connectivity index is 0.00000144. The number of hydrogen-bond acceptors (Lipinski definition) is 5. The van der Waals surface area contributed by atoms with Crippen LogP contribution in [0.4, 0.5) is 0 Å². The molecular formula is C9H16LiO5PS. The second-order valence-corrected chi connectivity index (χ2v) is 8.30. The van der Waals surface area contributed by atoms with Gasteiger partial charge in [-0.05, 0) is 44.2 Å². The topological polar surface area (TPSA) is 75.7 Å². The van der Waals surface area contributed by atoms with Crippen LogP contribution in [0.15, 0.2) is 0 Å². The predicted octanol–water partition coefficient (Wildman–Crippen LogP) is -1.19. The van der Waals surface area contributed by atoms with Crippen LogP contribution >= 0.6 is 7.60 Å². The zero-order valence-corrected chi connectivity index (χ0v) is 12.1. The Morgan fingerprint density at radius 3 is 1.94 bits per heavy atom. The maximum absolute atomic E-state index is 12.5. The van der Waals surface area contributed by atoms with Crippen molar-refractivity contribution in [1.82, 2.24) is 0 Å². The molecule has 1 unspecified atom stereocenters. The molecule has 8 heteroatoms. The van der Waals surface area contributed by atoms with Gasteiger partial charge in [0.15, 0.2) is 0 Å². The largest absolute Gasteiger partial charge is 1.00 e. The standard InChI is InChI=1S/C9H17O5PS.Li/c1-3-13-15(10,14-4-2)8-5-9(6-8,7-8)16(11)12;/h3-7H2,1-2H3,(H,11,12);/q;+1/p-1. The van der Waals surface area contributed by atoms with E-state index in [9.17, 15) is 13.3 Å². The van der Waals surface area contributed by atoms with Crippen molar-refractivity contribution >= 4 is 18.7 Å². The average molecular weight is 274 g/mol. The Hall–Kier alpha value is 0.857. The average Bonchev–Trinajstić information content (AvgIpc) is 1.97. The SMILES string of the molecule is CCOP(=O)(OCC)C12CC(S(=O)[O-])(C1)C2.[Li+]. The summed E-state index contributed by atoms with van der Waals surface area (Å²) in [6.45, 7) is 4.18. The quantitative estimate of drug-likeness (QED) is 0.346. The van der Waals surface area contributed by atoms with E-state index in [1.165, 1.54) is 0 Å².